The molecule has 1 aromatic carbocycles. The summed E-state index contributed by atoms with van der Waals surface area (Å²) in [6, 6.07) is 6.89. The maximum atomic E-state index is 11.5. The van der Waals surface area contributed by atoms with Gasteiger partial charge in [-0.3, -0.25) is 9.59 Å². The molecule has 3 heteroatoms. The summed E-state index contributed by atoms with van der Waals surface area (Å²) >= 11 is 0. The van der Waals surface area contributed by atoms with Gasteiger partial charge in [0.05, 0.1) is 0 Å². The summed E-state index contributed by atoms with van der Waals surface area (Å²) in [6.07, 6.45) is 1.39. The number of carbonyl (C=O) groups is 2. The highest BCUT2D eigenvalue weighted by Gasteiger charge is 2.21. The Hall–Kier alpha value is -1.74. The lowest BCUT2D eigenvalue weighted by Gasteiger charge is -2.11. The van der Waals surface area contributed by atoms with Crippen molar-refractivity contribution in [2.24, 2.45) is 0 Å². The van der Waals surface area contributed by atoms with Crippen LogP contribution in [0.25, 0.3) is 0 Å². The smallest absolute Gasteiger partial charge is 0.189 e. The summed E-state index contributed by atoms with van der Waals surface area (Å²) in [5.41, 5.74) is 1.55. The molecule has 1 aliphatic carbocycles. The van der Waals surface area contributed by atoms with Gasteiger partial charge in [-0.25, -0.2) is 0 Å². The fraction of sp³-hybridized carbons (Fsp3) is 0.231. The average molecular weight is 218 g/mol. The Morgan fingerprint density at radius 1 is 1.12 bits per heavy atom. The van der Waals surface area contributed by atoms with Crippen molar-refractivity contribution in [2.75, 3.05) is 6.61 Å². The van der Waals surface area contributed by atoms with Crippen LogP contribution in [0, 0.1) is 0 Å². The van der Waals surface area contributed by atoms with Gasteiger partial charge in [0.15, 0.2) is 11.6 Å². The van der Waals surface area contributed by atoms with Crippen LogP contribution in [0.5, 0.6) is 0 Å². The number of Topliss-reactive ketones (excluding diaryl/α,β-unsaturated/α-hetero) is 1. The summed E-state index contributed by atoms with van der Waals surface area (Å²) in [6.45, 7) is 3.59. The third-order valence-electron chi connectivity index (χ3n) is 2.14. The van der Waals surface area contributed by atoms with Crippen LogP contribution >= 0.6 is 0 Å². The number of allylic oxidation sites excluding steroid dienone is 2. The third kappa shape index (κ3) is 2.44. The van der Waals surface area contributed by atoms with Crippen LogP contribution in [0.4, 0.5) is 0 Å². The predicted molar refractivity (Wildman–Crippen MR) is 61.6 cm³/mol. The highest BCUT2D eigenvalue weighted by molar-refractivity contribution is 6.24. The van der Waals surface area contributed by atoms with Gasteiger partial charge in [-0.15, -0.1) is 0 Å². The SMILES string of the molecule is CC1=CC(=O)c2ccccc2C1=O.CCO. The van der Waals surface area contributed by atoms with E-state index in [1.807, 2.05) is 0 Å². The Morgan fingerprint density at radius 2 is 1.62 bits per heavy atom. The van der Waals surface area contributed by atoms with Crippen LogP contribution < -0.4 is 0 Å². The molecule has 0 aromatic heterocycles. The molecule has 16 heavy (non-hydrogen) atoms. The molecule has 0 saturated carbocycles. The van der Waals surface area contributed by atoms with Gasteiger partial charge in [-0.2, -0.15) is 0 Å². The number of benzene rings is 1. The van der Waals surface area contributed by atoms with E-state index in [1.165, 1.54) is 6.08 Å². The minimum atomic E-state index is -0.0762. The summed E-state index contributed by atoms with van der Waals surface area (Å²) in [5.74, 6) is -0.122. The quantitative estimate of drug-likeness (QED) is 0.724. The van der Waals surface area contributed by atoms with Gasteiger partial charge in [-0.1, -0.05) is 24.3 Å². The Balaban J connectivity index is 0.000000386. The molecule has 0 fully saturated rings. The normalized spacial score (nSPS) is 13.6. The van der Waals surface area contributed by atoms with Gasteiger partial charge in [-0.05, 0) is 19.9 Å². The topological polar surface area (TPSA) is 54.4 Å². The lowest BCUT2D eigenvalue weighted by atomic mass is 9.90. The first kappa shape index (κ1) is 12.3. The molecule has 0 heterocycles. The average Bonchev–Trinajstić information content (AvgIpc) is 2.27. The fourth-order valence-corrected chi connectivity index (χ4v) is 1.45. The molecule has 0 atom stereocenters. The van der Waals surface area contributed by atoms with Gasteiger partial charge in [0.1, 0.15) is 0 Å². The van der Waals surface area contributed by atoms with Crippen LogP contribution in [-0.4, -0.2) is 23.3 Å². The van der Waals surface area contributed by atoms with E-state index in [4.69, 9.17) is 5.11 Å². The van der Waals surface area contributed by atoms with Crippen molar-refractivity contribution in [3.8, 4) is 0 Å². The Morgan fingerprint density at radius 3 is 2.19 bits per heavy atom. The maximum Gasteiger partial charge on any atom is 0.189 e. The Kier molecular flexibility index (Phi) is 4.14. The van der Waals surface area contributed by atoms with E-state index in [9.17, 15) is 9.59 Å². The van der Waals surface area contributed by atoms with Crippen molar-refractivity contribution < 1.29 is 14.7 Å². The summed E-state index contributed by atoms with van der Waals surface area (Å²) in [4.78, 5) is 23.0. The van der Waals surface area contributed by atoms with Gasteiger partial charge < -0.3 is 5.11 Å². The Bertz CT molecular complexity index is 444. The molecule has 84 valence electrons. The van der Waals surface area contributed by atoms with E-state index < -0.39 is 0 Å². The maximum absolute atomic E-state index is 11.5. The molecule has 1 aliphatic rings. The molecule has 0 amide bonds. The van der Waals surface area contributed by atoms with E-state index >= 15 is 0 Å². The second kappa shape index (κ2) is 5.37. The van der Waals surface area contributed by atoms with E-state index in [2.05, 4.69) is 0 Å². The van der Waals surface area contributed by atoms with Crippen molar-refractivity contribution >= 4 is 11.6 Å². The lowest BCUT2D eigenvalue weighted by molar-refractivity contribution is 0.0984. The Labute approximate surface area is 94.4 Å². The van der Waals surface area contributed by atoms with Crippen molar-refractivity contribution in [3.05, 3.63) is 47.0 Å². The van der Waals surface area contributed by atoms with Crippen molar-refractivity contribution in [1.82, 2.24) is 0 Å². The number of hydrogen-bond acceptors (Lipinski definition) is 3. The van der Waals surface area contributed by atoms with Crippen molar-refractivity contribution in [1.29, 1.82) is 0 Å². The minimum Gasteiger partial charge on any atom is -0.397 e. The van der Waals surface area contributed by atoms with Crippen molar-refractivity contribution in [3.63, 3.8) is 0 Å². The predicted octanol–water partition coefficient (Wildman–Crippen LogP) is 2.01. The number of fused-ring (bicyclic) bond motifs is 1. The number of carbonyl (C=O) groups excluding carboxylic acids is 2. The first-order chi connectivity index (χ1) is 7.61. The van der Waals surface area contributed by atoms with Crippen LogP contribution in [0.15, 0.2) is 35.9 Å². The first-order valence-electron chi connectivity index (χ1n) is 5.09. The largest absolute Gasteiger partial charge is 0.397 e. The fourth-order valence-electron chi connectivity index (χ4n) is 1.45. The second-order valence-electron chi connectivity index (χ2n) is 3.38. The number of aliphatic hydroxyl groups is 1. The van der Waals surface area contributed by atoms with Crippen LogP contribution in [0.1, 0.15) is 34.6 Å². The monoisotopic (exact) mass is 218 g/mol. The number of ketones is 2. The zero-order valence-corrected chi connectivity index (χ0v) is 9.36. The van der Waals surface area contributed by atoms with E-state index in [1.54, 1.807) is 38.1 Å². The zero-order valence-electron chi connectivity index (χ0n) is 9.36. The summed E-state index contributed by atoms with van der Waals surface area (Å²) in [7, 11) is 0. The number of aliphatic hydroxyl groups excluding tert-OH is 1. The van der Waals surface area contributed by atoms with Gasteiger partial charge in [0.25, 0.3) is 0 Å². The lowest BCUT2D eigenvalue weighted by Crippen LogP contribution is -2.14. The molecule has 0 saturated heterocycles. The molecule has 2 rings (SSSR count). The second-order valence-corrected chi connectivity index (χ2v) is 3.38. The molecule has 0 unspecified atom stereocenters. The molecular weight excluding hydrogens is 204 g/mol. The molecule has 1 N–H and O–H groups in total. The summed E-state index contributed by atoms with van der Waals surface area (Å²) < 4.78 is 0. The zero-order chi connectivity index (χ0) is 12.1. The van der Waals surface area contributed by atoms with Gasteiger partial charge in [0, 0.05) is 23.3 Å². The minimum absolute atomic E-state index is 0.0461. The summed E-state index contributed by atoms with van der Waals surface area (Å²) in [5, 5.41) is 7.57. The van der Waals surface area contributed by atoms with Gasteiger partial charge in [0.2, 0.25) is 0 Å². The molecule has 1 aromatic rings. The van der Waals surface area contributed by atoms with Crippen LogP contribution in [-0.2, 0) is 0 Å². The van der Waals surface area contributed by atoms with Crippen LogP contribution in [0.3, 0.4) is 0 Å². The van der Waals surface area contributed by atoms with Gasteiger partial charge >= 0.3 is 0 Å². The molecule has 0 spiro atoms. The third-order valence-corrected chi connectivity index (χ3v) is 2.14. The van der Waals surface area contributed by atoms with E-state index in [0.29, 0.717) is 16.7 Å². The number of rotatable bonds is 0. The molecule has 0 aliphatic heterocycles. The first-order valence-corrected chi connectivity index (χ1v) is 5.09. The van der Waals surface area contributed by atoms with E-state index in [-0.39, 0.29) is 18.2 Å². The molecule has 0 radical (unpaired) electrons. The molecule has 0 bridgehead atoms. The highest BCUT2D eigenvalue weighted by atomic mass is 16.2. The standard InChI is InChI=1S/C11H8O2.C2H6O/c1-7-6-10(12)8-4-2-3-5-9(8)11(7)13;1-2-3/h2-6H,1H3;3H,2H2,1H3. The highest BCUT2D eigenvalue weighted by Crippen LogP contribution is 2.20. The van der Waals surface area contributed by atoms with Crippen molar-refractivity contribution in [2.45, 2.75) is 13.8 Å². The van der Waals surface area contributed by atoms with E-state index in [0.717, 1.165) is 0 Å². The molecule has 3 nitrogen and oxygen atoms in total. The molecular formula is C13H14O3. The number of hydrogen-bond donors (Lipinski definition) is 1. The van der Waals surface area contributed by atoms with Crippen LogP contribution in [0.2, 0.25) is 0 Å².